The van der Waals surface area contributed by atoms with Crippen LogP contribution < -0.4 is 4.72 Å². The Labute approximate surface area is 131 Å². The molecule has 2 saturated carbocycles. The number of amides is 1. The lowest BCUT2D eigenvalue weighted by atomic mass is 9.60. The minimum absolute atomic E-state index is 0.0946. The van der Waals surface area contributed by atoms with Gasteiger partial charge in [0.25, 0.3) is 0 Å². The summed E-state index contributed by atoms with van der Waals surface area (Å²) >= 11 is 0. The molecule has 4 fully saturated rings. The maximum absolute atomic E-state index is 12.5. The molecule has 0 aromatic rings. The Hall–Kier alpha value is -0.660. The fourth-order valence-corrected chi connectivity index (χ4v) is 5.57. The van der Waals surface area contributed by atoms with Gasteiger partial charge in [0, 0.05) is 25.0 Å². The Morgan fingerprint density at radius 3 is 2.32 bits per heavy atom. The molecular weight excluding hydrogens is 304 g/mol. The summed E-state index contributed by atoms with van der Waals surface area (Å²) in [5.74, 6) is 1.52. The first-order chi connectivity index (χ1) is 10.4. The molecule has 3 atom stereocenters. The van der Waals surface area contributed by atoms with E-state index in [1.165, 1.54) is 6.26 Å². The third-order valence-corrected chi connectivity index (χ3v) is 6.87. The van der Waals surface area contributed by atoms with Gasteiger partial charge < -0.3 is 9.64 Å². The number of sulfonamides is 1. The fourth-order valence-electron chi connectivity index (χ4n) is 4.80. The Balaban J connectivity index is 1.26. The van der Waals surface area contributed by atoms with E-state index in [-0.39, 0.29) is 17.4 Å². The number of hydrogen-bond acceptors (Lipinski definition) is 4. The number of nitrogens with zero attached hydrogens (tertiary/aromatic N) is 1. The largest absolute Gasteiger partial charge is 0.381 e. The van der Waals surface area contributed by atoms with Crippen molar-refractivity contribution in [1.29, 1.82) is 0 Å². The predicted molar refractivity (Wildman–Crippen MR) is 80.5 cm³/mol. The van der Waals surface area contributed by atoms with Crippen molar-refractivity contribution < 1.29 is 17.9 Å². The van der Waals surface area contributed by atoms with Crippen LogP contribution in [0.5, 0.6) is 0 Å². The van der Waals surface area contributed by atoms with Crippen molar-refractivity contribution in [2.45, 2.75) is 31.7 Å². The Bertz CT molecular complexity index is 564. The van der Waals surface area contributed by atoms with E-state index >= 15 is 0 Å². The van der Waals surface area contributed by atoms with Gasteiger partial charge in [-0.05, 0) is 42.9 Å². The van der Waals surface area contributed by atoms with Gasteiger partial charge in [0.2, 0.25) is 15.9 Å². The van der Waals surface area contributed by atoms with E-state index in [0.29, 0.717) is 17.7 Å². The fraction of sp³-hybridized carbons (Fsp3) is 0.933. The van der Waals surface area contributed by atoms with Crippen LogP contribution in [0.3, 0.4) is 0 Å². The highest BCUT2D eigenvalue weighted by atomic mass is 32.2. The van der Waals surface area contributed by atoms with E-state index in [0.717, 1.165) is 52.0 Å². The lowest BCUT2D eigenvalue weighted by molar-refractivity contribution is -0.137. The third kappa shape index (κ3) is 2.57. The quantitative estimate of drug-likeness (QED) is 0.803. The van der Waals surface area contributed by atoms with E-state index in [9.17, 15) is 13.2 Å². The molecule has 7 heteroatoms. The van der Waals surface area contributed by atoms with Crippen LogP contribution in [0.1, 0.15) is 25.7 Å². The van der Waals surface area contributed by atoms with E-state index in [4.69, 9.17) is 4.74 Å². The monoisotopic (exact) mass is 328 g/mol. The van der Waals surface area contributed by atoms with Gasteiger partial charge in [-0.25, -0.2) is 13.1 Å². The van der Waals surface area contributed by atoms with Crippen molar-refractivity contribution in [1.82, 2.24) is 9.62 Å². The van der Waals surface area contributed by atoms with Gasteiger partial charge in [-0.2, -0.15) is 0 Å². The zero-order chi connectivity index (χ0) is 15.5. The average molecular weight is 328 g/mol. The van der Waals surface area contributed by atoms with Gasteiger partial charge in [0.05, 0.1) is 19.5 Å². The summed E-state index contributed by atoms with van der Waals surface area (Å²) < 4.78 is 30.6. The summed E-state index contributed by atoms with van der Waals surface area (Å²) in [7, 11) is -3.10. The van der Waals surface area contributed by atoms with Gasteiger partial charge in [0.1, 0.15) is 0 Å². The molecule has 0 radical (unpaired) electrons. The molecule has 6 nitrogen and oxygen atoms in total. The minimum Gasteiger partial charge on any atom is -0.381 e. The maximum atomic E-state index is 12.5. The van der Waals surface area contributed by atoms with Crippen molar-refractivity contribution in [3.8, 4) is 0 Å². The third-order valence-electron chi connectivity index (χ3n) is 6.11. The molecule has 2 heterocycles. The van der Waals surface area contributed by atoms with Gasteiger partial charge in [-0.15, -0.1) is 0 Å². The minimum atomic E-state index is -3.10. The molecule has 2 aliphatic carbocycles. The first-order valence-corrected chi connectivity index (χ1v) is 10.1. The van der Waals surface area contributed by atoms with Crippen LogP contribution in [0, 0.1) is 23.2 Å². The van der Waals surface area contributed by atoms with E-state index in [2.05, 4.69) is 4.72 Å². The number of rotatable bonds is 3. The van der Waals surface area contributed by atoms with Gasteiger partial charge in [-0.3, -0.25) is 4.79 Å². The number of piperidine rings is 1. The van der Waals surface area contributed by atoms with Crippen LogP contribution >= 0.6 is 0 Å². The molecule has 4 aliphatic rings. The van der Waals surface area contributed by atoms with Crippen molar-refractivity contribution in [3.63, 3.8) is 0 Å². The number of ether oxygens (including phenoxy) is 1. The number of carbonyl (C=O) groups is 1. The first-order valence-electron chi connectivity index (χ1n) is 8.21. The Kier molecular flexibility index (Phi) is 3.33. The van der Waals surface area contributed by atoms with E-state index in [1.54, 1.807) is 0 Å². The Morgan fingerprint density at radius 2 is 1.77 bits per heavy atom. The SMILES string of the molecule is CS(=O)(=O)NC1CC2(CCN(C(=O)C3[C@H]4COC[C@@H]34)CC2)C1. The van der Waals surface area contributed by atoms with E-state index in [1.807, 2.05) is 4.90 Å². The van der Waals surface area contributed by atoms with Crippen LogP contribution in [0.2, 0.25) is 0 Å². The molecule has 0 aromatic heterocycles. The van der Waals surface area contributed by atoms with Crippen LogP contribution in [0.4, 0.5) is 0 Å². The summed E-state index contributed by atoms with van der Waals surface area (Å²) in [6.45, 7) is 3.19. The highest BCUT2D eigenvalue weighted by Gasteiger charge is 2.59. The smallest absolute Gasteiger partial charge is 0.226 e. The number of carbonyl (C=O) groups excluding carboxylic acids is 1. The number of likely N-dealkylation sites (tertiary alicyclic amines) is 1. The molecular formula is C15H24N2O4S. The molecule has 1 unspecified atom stereocenters. The topological polar surface area (TPSA) is 75.7 Å². The number of nitrogens with one attached hydrogen (secondary N) is 1. The van der Waals surface area contributed by atoms with Crippen LogP contribution in [0.15, 0.2) is 0 Å². The lowest BCUT2D eigenvalue weighted by Crippen LogP contribution is -2.55. The summed E-state index contributed by atoms with van der Waals surface area (Å²) in [5, 5.41) is 0. The molecule has 0 bridgehead atoms. The molecule has 0 aromatic carbocycles. The van der Waals surface area contributed by atoms with Crippen LogP contribution in [-0.4, -0.2) is 57.8 Å². The molecule has 4 rings (SSSR count). The van der Waals surface area contributed by atoms with Gasteiger partial charge in [0.15, 0.2) is 0 Å². The van der Waals surface area contributed by atoms with E-state index < -0.39 is 10.0 Å². The predicted octanol–water partition coefficient (Wildman–Crippen LogP) is 0.199. The summed E-state index contributed by atoms with van der Waals surface area (Å²) in [6.07, 6.45) is 5.09. The second-order valence-corrected chi connectivity index (χ2v) is 9.49. The van der Waals surface area contributed by atoms with Crippen molar-refractivity contribution in [2.24, 2.45) is 23.2 Å². The number of hydrogen-bond donors (Lipinski definition) is 1. The lowest BCUT2D eigenvalue weighted by Gasteiger charge is -2.52. The van der Waals surface area contributed by atoms with Crippen molar-refractivity contribution >= 4 is 15.9 Å². The van der Waals surface area contributed by atoms with Crippen molar-refractivity contribution in [3.05, 3.63) is 0 Å². The molecule has 1 spiro atoms. The molecule has 2 aliphatic heterocycles. The summed E-state index contributed by atoms with van der Waals surface area (Å²) in [5.41, 5.74) is 0.266. The highest BCUT2D eigenvalue weighted by Crippen LogP contribution is 2.53. The van der Waals surface area contributed by atoms with Gasteiger partial charge >= 0.3 is 0 Å². The van der Waals surface area contributed by atoms with Crippen LogP contribution in [-0.2, 0) is 19.6 Å². The molecule has 1 N–H and O–H groups in total. The normalized spacial score (nSPS) is 37.0. The van der Waals surface area contributed by atoms with Crippen molar-refractivity contribution in [2.75, 3.05) is 32.6 Å². The molecule has 22 heavy (non-hydrogen) atoms. The Morgan fingerprint density at radius 1 is 1.18 bits per heavy atom. The maximum Gasteiger partial charge on any atom is 0.226 e. The molecule has 2 saturated heterocycles. The zero-order valence-corrected chi connectivity index (χ0v) is 13.8. The summed E-state index contributed by atoms with van der Waals surface area (Å²) in [6, 6.07) is 0.0946. The second-order valence-electron chi connectivity index (χ2n) is 7.71. The average Bonchev–Trinajstić information content (AvgIpc) is 2.88. The van der Waals surface area contributed by atoms with Crippen LogP contribution in [0.25, 0.3) is 0 Å². The second kappa shape index (κ2) is 4.92. The molecule has 124 valence electrons. The number of fused-ring (bicyclic) bond motifs is 1. The zero-order valence-electron chi connectivity index (χ0n) is 13.0. The van der Waals surface area contributed by atoms with Gasteiger partial charge in [-0.1, -0.05) is 0 Å². The highest BCUT2D eigenvalue weighted by molar-refractivity contribution is 7.88. The summed E-state index contributed by atoms with van der Waals surface area (Å²) in [4.78, 5) is 14.6. The first kappa shape index (κ1) is 14.9. The standard InChI is InChI=1S/C15H24N2O4S/c1-22(19,20)16-10-6-15(7-10)2-4-17(5-3-15)14(18)13-11-8-21-9-12(11)13/h10-13,16H,2-9H2,1H3/t11-,12+,13?. The molecule has 1 amide bonds.